The Bertz CT molecular complexity index is 723. The number of hydrogen-bond acceptors (Lipinski definition) is 5. The van der Waals surface area contributed by atoms with E-state index in [0.29, 0.717) is 11.3 Å². The highest BCUT2D eigenvalue weighted by Gasteiger charge is 2.17. The summed E-state index contributed by atoms with van der Waals surface area (Å²) in [7, 11) is 0. The molecule has 0 saturated carbocycles. The Kier molecular flexibility index (Phi) is 4.73. The van der Waals surface area contributed by atoms with Gasteiger partial charge in [0, 0.05) is 11.8 Å². The maximum absolute atomic E-state index is 12.0. The van der Waals surface area contributed by atoms with Gasteiger partial charge in [0.05, 0.1) is 0 Å². The number of hydrogen-bond donors (Lipinski definition) is 1. The predicted molar refractivity (Wildman–Crippen MR) is 79.8 cm³/mol. The first-order valence-corrected chi connectivity index (χ1v) is 6.61. The van der Waals surface area contributed by atoms with Crippen molar-refractivity contribution in [2.24, 2.45) is 0 Å². The Morgan fingerprint density at radius 3 is 2.50 bits per heavy atom. The molecule has 0 bridgehead atoms. The molecular weight excluding hydrogens is 286 g/mol. The van der Waals surface area contributed by atoms with Crippen LogP contribution >= 0.6 is 0 Å². The third-order valence-corrected chi connectivity index (χ3v) is 2.93. The minimum absolute atomic E-state index is 0.159. The highest BCUT2D eigenvalue weighted by molar-refractivity contribution is 5.96. The van der Waals surface area contributed by atoms with Gasteiger partial charge >= 0.3 is 11.6 Å². The van der Waals surface area contributed by atoms with Gasteiger partial charge in [-0.05, 0) is 31.5 Å². The molecule has 0 spiro atoms. The van der Waals surface area contributed by atoms with E-state index in [1.165, 1.54) is 13.0 Å². The van der Waals surface area contributed by atoms with Crippen LogP contribution in [0.1, 0.15) is 21.7 Å². The SMILES string of the molecule is Cc1cc(=O)oc(C)c1C(=O)OCC(=O)Nc1ccccc1. The largest absolute Gasteiger partial charge is 0.452 e. The number of para-hydroxylation sites is 1. The molecule has 1 amide bonds. The Hall–Kier alpha value is -2.89. The van der Waals surface area contributed by atoms with Crippen LogP contribution in [0, 0.1) is 13.8 Å². The number of nitrogens with one attached hydrogen (secondary N) is 1. The van der Waals surface area contributed by atoms with Crippen LogP contribution in [-0.2, 0) is 9.53 Å². The minimum atomic E-state index is -0.707. The van der Waals surface area contributed by atoms with Gasteiger partial charge in [0.2, 0.25) is 0 Å². The Morgan fingerprint density at radius 1 is 1.18 bits per heavy atom. The minimum Gasteiger partial charge on any atom is -0.452 e. The van der Waals surface area contributed by atoms with Crippen molar-refractivity contribution in [3.05, 3.63) is 63.7 Å². The maximum atomic E-state index is 12.0. The van der Waals surface area contributed by atoms with E-state index in [2.05, 4.69) is 5.32 Å². The van der Waals surface area contributed by atoms with Gasteiger partial charge in [-0.1, -0.05) is 18.2 Å². The second-order valence-corrected chi connectivity index (χ2v) is 4.67. The molecule has 2 aromatic rings. The summed E-state index contributed by atoms with van der Waals surface area (Å²) in [6, 6.07) is 10.0. The van der Waals surface area contributed by atoms with E-state index in [4.69, 9.17) is 9.15 Å². The normalized spacial score (nSPS) is 10.1. The molecule has 1 N–H and O–H groups in total. The van der Waals surface area contributed by atoms with Crippen molar-refractivity contribution >= 4 is 17.6 Å². The molecule has 2 rings (SSSR count). The number of carbonyl (C=O) groups excluding carboxylic acids is 2. The lowest BCUT2D eigenvalue weighted by molar-refractivity contribution is -0.119. The van der Waals surface area contributed by atoms with Gasteiger partial charge in [-0.25, -0.2) is 9.59 Å². The first-order chi connectivity index (χ1) is 10.5. The van der Waals surface area contributed by atoms with E-state index >= 15 is 0 Å². The van der Waals surface area contributed by atoms with E-state index in [1.54, 1.807) is 31.2 Å². The molecule has 0 aliphatic heterocycles. The lowest BCUT2D eigenvalue weighted by Gasteiger charge is -2.09. The Morgan fingerprint density at radius 2 is 1.86 bits per heavy atom. The van der Waals surface area contributed by atoms with Crippen LogP contribution in [0.4, 0.5) is 5.69 Å². The molecule has 0 aliphatic rings. The van der Waals surface area contributed by atoms with E-state index in [-0.39, 0.29) is 11.3 Å². The van der Waals surface area contributed by atoms with Crippen molar-refractivity contribution in [3.8, 4) is 0 Å². The van der Waals surface area contributed by atoms with E-state index in [0.717, 1.165) is 0 Å². The number of aryl methyl sites for hydroxylation is 2. The summed E-state index contributed by atoms with van der Waals surface area (Å²) >= 11 is 0. The zero-order chi connectivity index (χ0) is 16.1. The predicted octanol–water partition coefficient (Wildman–Crippen LogP) is 2.05. The van der Waals surface area contributed by atoms with Crippen LogP contribution in [0.2, 0.25) is 0 Å². The fourth-order valence-electron chi connectivity index (χ4n) is 1.98. The second kappa shape index (κ2) is 6.71. The molecule has 0 radical (unpaired) electrons. The Balaban J connectivity index is 1.99. The molecule has 1 aromatic carbocycles. The number of benzene rings is 1. The molecule has 22 heavy (non-hydrogen) atoms. The lowest BCUT2D eigenvalue weighted by Crippen LogP contribution is -2.22. The van der Waals surface area contributed by atoms with Gasteiger partial charge < -0.3 is 14.5 Å². The number of ether oxygens (including phenoxy) is 1. The molecule has 1 heterocycles. The van der Waals surface area contributed by atoms with E-state index in [1.807, 2.05) is 6.07 Å². The summed E-state index contributed by atoms with van der Waals surface area (Å²) in [5.41, 5.74) is 0.685. The van der Waals surface area contributed by atoms with Crippen molar-refractivity contribution in [2.45, 2.75) is 13.8 Å². The number of rotatable bonds is 4. The second-order valence-electron chi connectivity index (χ2n) is 4.67. The number of carbonyl (C=O) groups is 2. The fraction of sp³-hybridized carbons (Fsp3) is 0.188. The average Bonchev–Trinajstić information content (AvgIpc) is 2.45. The van der Waals surface area contributed by atoms with Gasteiger partial charge in [0.1, 0.15) is 11.3 Å². The van der Waals surface area contributed by atoms with E-state index < -0.39 is 24.1 Å². The third-order valence-electron chi connectivity index (χ3n) is 2.93. The summed E-state index contributed by atoms with van der Waals surface area (Å²) < 4.78 is 9.81. The smallest absolute Gasteiger partial charge is 0.342 e. The fourth-order valence-corrected chi connectivity index (χ4v) is 1.98. The summed E-state index contributed by atoms with van der Waals surface area (Å²) in [6.45, 7) is 2.67. The quantitative estimate of drug-likeness (QED) is 0.874. The van der Waals surface area contributed by atoms with Crippen molar-refractivity contribution in [3.63, 3.8) is 0 Å². The lowest BCUT2D eigenvalue weighted by atomic mass is 10.1. The van der Waals surface area contributed by atoms with Crippen LogP contribution in [0.15, 0.2) is 45.6 Å². The molecule has 1 aromatic heterocycles. The molecule has 0 unspecified atom stereocenters. The third kappa shape index (κ3) is 3.82. The average molecular weight is 301 g/mol. The topological polar surface area (TPSA) is 85.6 Å². The van der Waals surface area contributed by atoms with Crippen LogP contribution in [0.3, 0.4) is 0 Å². The van der Waals surface area contributed by atoms with Crippen LogP contribution in [0.5, 0.6) is 0 Å². The van der Waals surface area contributed by atoms with Gasteiger partial charge in [-0.2, -0.15) is 0 Å². The van der Waals surface area contributed by atoms with Crippen molar-refractivity contribution in [1.29, 1.82) is 0 Å². The molecule has 114 valence electrons. The van der Waals surface area contributed by atoms with Crippen LogP contribution in [0.25, 0.3) is 0 Å². The van der Waals surface area contributed by atoms with Gasteiger partial charge in [-0.15, -0.1) is 0 Å². The first-order valence-electron chi connectivity index (χ1n) is 6.61. The molecule has 0 aliphatic carbocycles. The summed E-state index contributed by atoms with van der Waals surface area (Å²) in [4.78, 5) is 34.9. The molecule has 0 atom stereocenters. The van der Waals surface area contributed by atoms with Crippen LogP contribution in [-0.4, -0.2) is 18.5 Å². The van der Waals surface area contributed by atoms with Gasteiger partial charge in [0.25, 0.3) is 5.91 Å². The molecule has 6 heteroatoms. The zero-order valence-electron chi connectivity index (χ0n) is 12.2. The Labute approximate surface area is 126 Å². The summed E-state index contributed by atoms with van der Waals surface area (Å²) in [5, 5.41) is 2.60. The monoisotopic (exact) mass is 301 g/mol. The van der Waals surface area contributed by atoms with Gasteiger partial charge in [-0.3, -0.25) is 4.79 Å². The molecule has 6 nitrogen and oxygen atoms in total. The van der Waals surface area contributed by atoms with Gasteiger partial charge in [0.15, 0.2) is 6.61 Å². The number of esters is 1. The first kappa shape index (κ1) is 15.5. The maximum Gasteiger partial charge on any atom is 0.342 e. The van der Waals surface area contributed by atoms with Crippen molar-refractivity contribution in [2.75, 3.05) is 11.9 Å². The standard InChI is InChI=1S/C16H15NO5/c1-10-8-14(19)22-11(2)15(10)16(20)21-9-13(18)17-12-6-4-3-5-7-12/h3-8H,9H2,1-2H3,(H,17,18). The van der Waals surface area contributed by atoms with E-state index in [9.17, 15) is 14.4 Å². The molecular formula is C16H15NO5. The van der Waals surface area contributed by atoms with Crippen molar-refractivity contribution < 1.29 is 18.7 Å². The zero-order valence-corrected chi connectivity index (χ0v) is 12.2. The van der Waals surface area contributed by atoms with Crippen molar-refractivity contribution in [1.82, 2.24) is 0 Å². The molecule has 0 fully saturated rings. The van der Waals surface area contributed by atoms with Crippen LogP contribution < -0.4 is 10.9 Å². The summed E-state index contributed by atoms with van der Waals surface area (Å²) in [6.07, 6.45) is 0. The number of anilines is 1. The molecule has 0 saturated heterocycles. The highest BCUT2D eigenvalue weighted by Crippen LogP contribution is 2.12. The summed E-state index contributed by atoms with van der Waals surface area (Å²) in [5.74, 6) is -0.993. The number of amides is 1. The highest BCUT2D eigenvalue weighted by atomic mass is 16.5.